The Morgan fingerprint density at radius 3 is 2.51 bits per heavy atom. The highest BCUT2D eigenvalue weighted by molar-refractivity contribution is 7.22. The molecule has 1 aliphatic heterocycles. The van der Waals surface area contributed by atoms with Crippen LogP contribution in [0.15, 0.2) is 48.7 Å². The number of anilines is 1. The second-order valence-electron chi connectivity index (χ2n) is 8.16. The molecule has 0 saturated carbocycles. The highest BCUT2D eigenvalue weighted by atomic mass is 32.1. The predicted octanol–water partition coefficient (Wildman–Crippen LogP) is 5.50. The Morgan fingerprint density at radius 1 is 1.11 bits per heavy atom. The van der Waals surface area contributed by atoms with Crippen molar-refractivity contribution in [1.82, 2.24) is 15.1 Å². The van der Waals surface area contributed by atoms with E-state index >= 15 is 0 Å². The number of amides is 1. The Kier molecular flexibility index (Phi) is 7.37. The van der Waals surface area contributed by atoms with Gasteiger partial charge in [-0.1, -0.05) is 18.2 Å². The lowest BCUT2D eigenvalue weighted by atomic mass is 10.1. The van der Waals surface area contributed by atoms with Crippen LogP contribution >= 0.6 is 11.3 Å². The maximum atomic E-state index is 12.5. The first-order valence-electron chi connectivity index (χ1n) is 11.0. The molecule has 0 spiro atoms. The number of fused-ring (bicyclic) bond motifs is 2. The first-order chi connectivity index (χ1) is 16.7. The van der Waals surface area contributed by atoms with Gasteiger partial charge in [0, 0.05) is 39.2 Å². The van der Waals surface area contributed by atoms with E-state index in [0.29, 0.717) is 6.42 Å². The van der Waals surface area contributed by atoms with Crippen LogP contribution in [0.5, 0.6) is 0 Å². The highest BCUT2D eigenvalue weighted by Gasteiger charge is 2.38. The topological polar surface area (TPSA) is 98.3 Å². The van der Waals surface area contributed by atoms with Crippen molar-refractivity contribution in [2.24, 2.45) is 0 Å². The Labute approximate surface area is 202 Å². The number of nitrogens with one attached hydrogen (secondary N) is 2. The van der Waals surface area contributed by atoms with Gasteiger partial charge in [-0.2, -0.15) is 18.3 Å². The van der Waals surface area contributed by atoms with Crippen molar-refractivity contribution in [2.75, 3.05) is 25.0 Å². The SMILES string of the molecule is O=C(CCN1CCCC1)Nc1cc(-c2cc3ccccc3s2)c2[nH]ncc2c1.O=C(O)C(F)(F)F. The molecule has 2 aromatic heterocycles. The molecule has 0 unspecified atom stereocenters. The van der Waals surface area contributed by atoms with Crippen molar-refractivity contribution in [3.05, 3.63) is 48.7 Å². The standard InChI is InChI=1S/C22H22N4OS.C2HF3O2/c27-21(7-10-26-8-3-4-9-26)24-17-11-16-14-23-25-22(16)18(13-17)20-12-15-5-1-2-6-19(15)28-20;3-2(4,5)1(6)7/h1-2,5-6,11-14H,3-4,7-10H2,(H,23,25)(H,24,27);(H,6,7). The van der Waals surface area contributed by atoms with Crippen LogP contribution in [0.25, 0.3) is 31.4 Å². The van der Waals surface area contributed by atoms with Crippen LogP contribution in [0.3, 0.4) is 0 Å². The molecule has 7 nitrogen and oxygen atoms in total. The summed E-state index contributed by atoms with van der Waals surface area (Å²) in [5.74, 6) is -2.69. The quantitative estimate of drug-likeness (QED) is 0.333. The van der Waals surface area contributed by atoms with Gasteiger partial charge in [-0.05, 0) is 55.6 Å². The van der Waals surface area contributed by atoms with Gasteiger partial charge in [-0.3, -0.25) is 9.89 Å². The number of benzene rings is 2. The van der Waals surface area contributed by atoms with Crippen LogP contribution in [0, 0.1) is 0 Å². The summed E-state index contributed by atoms with van der Waals surface area (Å²) in [6, 6.07) is 14.6. The molecule has 1 aliphatic rings. The molecule has 184 valence electrons. The Bertz CT molecular complexity index is 1310. The highest BCUT2D eigenvalue weighted by Crippen LogP contribution is 2.38. The average molecular weight is 505 g/mol. The average Bonchev–Trinajstić information content (AvgIpc) is 3.57. The fourth-order valence-corrected chi connectivity index (χ4v) is 5.01. The molecule has 3 N–H and O–H groups in total. The minimum atomic E-state index is -5.08. The van der Waals surface area contributed by atoms with Crippen molar-refractivity contribution in [3.8, 4) is 10.4 Å². The zero-order valence-electron chi connectivity index (χ0n) is 18.6. The molecule has 0 aliphatic carbocycles. The Hall–Kier alpha value is -3.44. The largest absolute Gasteiger partial charge is 0.490 e. The van der Waals surface area contributed by atoms with Crippen LogP contribution in [-0.4, -0.2) is 57.9 Å². The number of aromatic nitrogens is 2. The molecule has 35 heavy (non-hydrogen) atoms. The number of nitrogens with zero attached hydrogens (tertiary/aromatic N) is 2. The number of alkyl halides is 3. The number of likely N-dealkylation sites (tertiary alicyclic amines) is 1. The molecule has 0 bridgehead atoms. The smallest absolute Gasteiger partial charge is 0.475 e. The first kappa shape index (κ1) is 24.7. The first-order valence-corrected chi connectivity index (χ1v) is 11.8. The van der Waals surface area contributed by atoms with E-state index in [2.05, 4.69) is 56.8 Å². The number of hydrogen-bond acceptors (Lipinski definition) is 5. The summed E-state index contributed by atoms with van der Waals surface area (Å²) in [7, 11) is 0. The molecule has 2 aromatic carbocycles. The third-order valence-electron chi connectivity index (χ3n) is 5.62. The maximum absolute atomic E-state index is 12.5. The Morgan fingerprint density at radius 2 is 1.83 bits per heavy atom. The summed E-state index contributed by atoms with van der Waals surface area (Å²) in [4.78, 5) is 24.9. The van der Waals surface area contributed by atoms with Gasteiger partial charge in [0.1, 0.15) is 0 Å². The van der Waals surface area contributed by atoms with Crippen LogP contribution in [0.4, 0.5) is 18.9 Å². The molecule has 1 saturated heterocycles. The van der Waals surface area contributed by atoms with Gasteiger partial charge in [0.15, 0.2) is 0 Å². The molecule has 11 heteroatoms. The van der Waals surface area contributed by atoms with Crippen molar-refractivity contribution >= 4 is 49.9 Å². The van der Waals surface area contributed by atoms with Gasteiger partial charge in [-0.25, -0.2) is 4.79 Å². The normalized spacial score (nSPS) is 14.1. The van der Waals surface area contributed by atoms with Gasteiger partial charge in [0.25, 0.3) is 0 Å². The van der Waals surface area contributed by atoms with E-state index in [1.165, 1.54) is 27.8 Å². The van der Waals surface area contributed by atoms with Crippen molar-refractivity contribution in [1.29, 1.82) is 0 Å². The van der Waals surface area contributed by atoms with Gasteiger partial charge in [0.2, 0.25) is 5.91 Å². The number of H-pyrrole nitrogens is 1. The fourth-order valence-electron chi connectivity index (χ4n) is 3.93. The lowest BCUT2D eigenvalue weighted by molar-refractivity contribution is -0.192. The van der Waals surface area contributed by atoms with E-state index in [4.69, 9.17) is 9.90 Å². The summed E-state index contributed by atoms with van der Waals surface area (Å²) < 4.78 is 33.0. The van der Waals surface area contributed by atoms with E-state index in [1.54, 1.807) is 11.3 Å². The molecule has 3 heterocycles. The molecule has 1 amide bonds. The van der Waals surface area contributed by atoms with Gasteiger partial charge < -0.3 is 15.3 Å². The number of thiophene rings is 1. The van der Waals surface area contributed by atoms with E-state index < -0.39 is 12.1 Å². The molecule has 4 aromatic rings. The molecular weight excluding hydrogens is 481 g/mol. The van der Waals surface area contributed by atoms with Gasteiger partial charge >= 0.3 is 12.1 Å². The molecular formula is C24H23F3N4O3S. The second kappa shape index (κ2) is 10.4. The van der Waals surface area contributed by atoms with E-state index in [0.717, 1.165) is 41.8 Å². The van der Waals surface area contributed by atoms with Crippen LogP contribution in [-0.2, 0) is 9.59 Å². The van der Waals surface area contributed by atoms with Gasteiger partial charge in [-0.15, -0.1) is 11.3 Å². The van der Waals surface area contributed by atoms with Crippen LogP contribution in [0.2, 0.25) is 0 Å². The molecule has 5 rings (SSSR count). The van der Waals surface area contributed by atoms with Crippen molar-refractivity contribution in [3.63, 3.8) is 0 Å². The van der Waals surface area contributed by atoms with Gasteiger partial charge in [0.05, 0.1) is 11.7 Å². The summed E-state index contributed by atoms with van der Waals surface area (Å²) in [5, 5.41) is 19.8. The molecule has 0 radical (unpaired) electrons. The number of rotatable bonds is 5. The van der Waals surface area contributed by atoms with Crippen LogP contribution < -0.4 is 5.32 Å². The number of aliphatic carboxylic acids is 1. The monoisotopic (exact) mass is 504 g/mol. The number of halogens is 3. The van der Waals surface area contributed by atoms with E-state index in [1.807, 2.05) is 12.3 Å². The number of hydrogen-bond donors (Lipinski definition) is 3. The zero-order chi connectivity index (χ0) is 25.0. The zero-order valence-corrected chi connectivity index (χ0v) is 19.4. The fraction of sp³-hybridized carbons (Fsp3) is 0.292. The Balaban J connectivity index is 0.000000364. The third kappa shape index (κ3) is 6.17. The maximum Gasteiger partial charge on any atom is 0.490 e. The lowest BCUT2D eigenvalue weighted by Crippen LogP contribution is -2.25. The van der Waals surface area contributed by atoms with E-state index in [9.17, 15) is 18.0 Å². The summed E-state index contributed by atoms with van der Waals surface area (Å²) in [6.45, 7) is 3.07. The number of carboxylic acid groups (broad SMARTS) is 1. The predicted molar refractivity (Wildman–Crippen MR) is 130 cm³/mol. The second-order valence-corrected chi connectivity index (χ2v) is 9.24. The molecule has 1 fully saturated rings. The summed E-state index contributed by atoms with van der Waals surface area (Å²) >= 11 is 1.76. The van der Waals surface area contributed by atoms with E-state index in [-0.39, 0.29) is 5.91 Å². The number of aromatic amines is 1. The lowest BCUT2D eigenvalue weighted by Gasteiger charge is -2.14. The minimum absolute atomic E-state index is 0.0667. The van der Waals surface area contributed by atoms with Crippen LogP contribution in [0.1, 0.15) is 19.3 Å². The third-order valence-corrected chi connectivity index (χ3v) is 6.77. The summed E-state index contributed by atoms with van der Waals surface area (Å²) in [6.07, 6.45) is -0.248. The number of carbonyl (C=O) groups excluding carboxylic acids is 1. The number of carboxylic acids is 1. The van der Waals surface area contributed by atoms with Crippen molar-refractivity contribution < 1.29 is 27.9 Å². The molecule has 0 atom stereocenters. The number of carbonyl (C=O) groups is 2. The van der Waals surface area contributed by atoms with Crippen molar-refractivity contribution in [2.45, 2.75) is 25.4 Å². The summed E-state index contributed by atoms with van der Waals surface area (Å²) in [5.41, 5.74) is 2.90. The minimum Gasteiger partial charge on any atom is -0.475 e.